The third kappa shape index (κ3) is 4.17. The number of rotatable bonds is 7. The van der Waals surface area contributed by atoms with E-state index in [4.69, 9.17) is 25.8 Å². The van der Waals surface area contributed by atoms with Gasteiger partial charge in [-0.2, -0.15) is 0 Å². The molecule has 0 heterocycles. The van der Waals surface area contributed by atoms with Gasteiger partial charge >= 0.3 is 0 Å². The Morgan fingerprint density at radius 1 is 1.26 bits per heavy atom. The van der Waals surface area contributed by atoms with Crippen molar-refractivity contribution in [3.05, 3.63) is 34.9 Å². The molecule has 3 nitrogen and oxygen atoms in total. The fraction of sp³-hybridized carbons (Fsp3) is 0.571. The van der Waals surface area contributed by atoms with Gasteiger partial charge in [0.1, 0.15) is 0 Å². The second-order valence-electron chi connectivity index (χ2n) is 4.52. The SMILES string of the molecule is COCCOC1C(Br)CC1OCc1ccccc1Cl. The fourth-order valence-corrected chi connectivity index (χ4v) is 3.03. The molecule has 1 aliphatic carbocycles. The van der Waals surface area contributed by atoms with E-state index >= 15 is 0 Å². The van der Waals surface area contributed by atoms with Gasteiger partial charge in [0.25, 0.3) is 0 Å². The van der Waals surface area contributed by atoms with Crippen molar-refractivity contribution < 1.29 is 14.2 Å². The Morgan fingerprint density at radius 2 is 2.05 bits per heavy atom. The lowest BCUT2D eigenvalue weighted by molar-refractivity contribution is -0.132. The van der Waals surface area contributed by atoms with Crippen LogP contribution >= 0.6 is 27.5 Å². The number of hydrogen-bond donors (Lipinski definition) is 0. The molecule has 1 aliphatic rings. The zero-order chi connectivity index (χ0) is 13.7. The highest BCUT2D eigenvalue weighted by Crippen LogP contribution is 2.34. The molecule has 3 atom stereocenters. The molecule has 0 aliphatic heterocycles. The first-order chi connectivity index (χ1) is 9.22. The van der Waals surface area contributed by atoms with Crippen molar-refractivity contribution in [3.8, 4) is 0 Å². The van der Waals surface area contributed by atoms with Crippen molar-refractivity contribution in [2.45, 2.75) is 30.1 Å². The average Bonchev–Trinajstić information content (AvgIpc) is 2.41. The van der Waals surface area contributed by atoms with E-state index in [9.17, 15) is 0 Å². The molecule has 1 fully saturated rings. The van der Waals surface area contributed by atoms with E-state index in [1.54, 1.807) is 7.11 Å². The van der Waals surface area contributed by atoms with Gasteiger partial charge in [-0.1, -0.05) is 45.7 Å². The summed E-state index contributed by atoms with van der Waals surface area (Å²) in [4.78, 5) is 0.362. The largest absolute Gasteiger partial charge is 0.382 e. The molecule has 0 radical (unpaired) electrons. The topological polar surface area (TPSA) is 27.7 Å². The lowest BCUT2D eigenvalue weighted by Gasteiger charge is -2.40. The van der Waals surface area contributed by atoms with E-state index in [2.05, 4.69) is 15.9 Å². The van der Waals surface area contributed by atoms with Gasteiger partial charge < -0.3 is 14.2 Å². The average molecular weight is 350 g/mol. The number of hydrogen-bond acceptors (Lipinski definition) is 3. The molecular formula is C14H18BrClO3. The Kier molecular flexibility index (Phi) is 6.10. The van der Waals surface area contributed by atoms with Crippen LogP contribution in [0.5, 0.6) is 0 Å². The van der Waals surface area contributed by atoms with Gasteiger partial charge in [-0.15, -0.1) is 0 Å². The third-order valence-electron chi connectivity index (χ3n) is 3.19. The molecule has 1 saturated carbocycles. The molecule has 3 unspecified atom stereocenters. The lowest BCUT2D eigenvalue weighted by atomic mass is 9.91. The number of ether oxygens (including phenoxy) is 3. The number of alkyl halides is 1. The summed E-state index contributed by atoms with van der Waals surface area (Å²) in [6.07, 6.45) is 1.18. The van der Waals surface area contributed by atoms with Crippen LogP contribution in [0.2, 0.25) is 5.02 Å². The molecule has 0 amide bonds. The first-order valence-electron chi connectivity index (χ1n) is 6.32. The number of halogens is 2. The van der Waals surface area contributed by atoms with Gasteiger partial charge in [-0.25, -0.2) is 0 Å². The Hall–Kier alpha value is -0.130. The van der Waals surface area contributed by atoms with Crippen molar-refractivity contribution in [2.24, 2.45) is 0 Å². The molecule has 1 aromatic rings. The third-order valence-corrected chi connectivity index (χ3v) is 4.45. The summed E-state index contributed by atoms with van der Waals surface area (Å²) in [5.74, 6) is 0. The van der Waals surface area contributed by atoms with Gasteiger partial charge in [-0.05, 0) is 18.1 Å². The summed E-state index contributed by atoms with van der Waals surface area (Å²) in [6, 6.07) is 7.74. The zero-order valence-corrected chi connectivity index (χ0v) is 13.2. The Balaban J connectivity index is 1.78. The summed E-state index contributed by atoms with van der Waals surface area (Å²) in [5.41, 5.74) is 1.01. The molecule has 1 aromatic carbocycles. The first kappa shape index (κ1) is 15.3. The minimum atomic E-state index is 0.0950. The molecule has 0 spiro atoms. The maximum Gasteiger partial charge on any atom is 0.0963 e. The maximum atomic E-state index is 6.10. The van der Waals surface area contributed by atoms with E-state index in [0.717, 1.165) is 17.0 Å². The minimum absolute atomic E-state index is 0.0950. The molecule has 106 valence electrons. The number of benzene rings is 1. The van der Waals surface area contributed by atoms with E-state index < -0.39 is 0 Å². The van der Waals surface area contributed by atoms with Crippen molar-refractivity contribution in [3.63, 3.8) is 0 Å². The first-order valence-corrected chi connectivity index (χ1v) is 7.61. The van der Waals surface area contributed by atoms with Crippen LogP contribution in [0.3, 0.4) is 0 Å². The van der Waals surface area contributed by atoms with Crippen LogP contribution in [-0.4, -0.2) is 37.4 Å². The van der Waals surface area contributed by atoms with Crippen LogP contribution in [0.1, 0.15) is 12.0 Å². The van der Waals surface area contributed by atoms with Crippen molar-refractivity contribution in [2.75, 3.05) is 20.3 Å². The highest BCUT2D eigenvalue weighted by atomic mass is 79.9. The highest BCUT2D eigenvalue weighted by Gasteiger charge is 2.41. The van der Waals surface area contributed by atoms with Crippen LogP contribution in [0.25, 0.3) is 0 Å². The van der Waals surface area contributed by atoms with Gasteiger partial charge in [0.05, 0.1) is 32.0 Å². The van der Waals surface area contributed by atoms with Gasteiger partial charge in [0.2, 0.25) is 0 Å². The quantitative estimate of drug-likeness (QED) is 0.557. The van der Waals surface area contributed by atoms with Crippen LogP contribution in [-0.2, 0) is 20.8 Å². The Labute approximate surface area is 127 Å². The van der Waals surface area contributed by atoms with Crippen molar-refractivity contribution >= 4 is 27.5 Å². The normalized spacial score (nSPS) is 26.2. The standard InChI is InChI=1S/C14H18BrClO3/c1-17-6-7-18-14-11(15)8-13(14)19-9-10-4-2-3-5-12(10)16/h2-5,11,13-14H,6-9H2,1H3. The predicted octanol–water partition coefficient (Wildman–Crippen LogP) is 3.42. The zero-order valence-electron chi connectivity index (χ0n) is 10.9. The van der Waals surface area contributed by atoms with E-state index in [-0.39, 0.29) is 12.2 Å². The summed E-state index contributed by atoms with van der Waals surface area (Å²) >= 11 is 9.69. The van der Waals surface area contributed by atoms with E-state index in [1.807, 2.05) is 24.3 Å². The van der Waals surface area contributed by atoms with E-state index in [1.165, 1.54) is 0 Å². The van der Waals surface area contributed by atoms with Crippen LogP contribution < -0.4 is 0 Å². The Morgan fingerprint density at radius 3 is 2.74 bits per heavy atom. The molecular weight excluding hydrogens is 332 g/mol. The summed E-state index contributed by atoms with van der Waals surface area (Å²) in [7, 11) is 1.67. The molecule has 19 heavy (non-hydrogen) atoms. The summed E-state index contributed by atoms with van der Waals surface area (Å²) in [5, 5.41) is 0.745. The molecule has 0 bridgehead atoms. The smallest absolute Gasteiger partial charge is 0.0963 e. The molecule has 5 heteroatoms. The maximum absolute atomic E-state index is 6.10. The Bertz CT molecular complexity index is 402. The van der Waals surface area contributed by atoms with Crippen molar-refractivity contribution in [1.82, 2.24) is 0 Å². The van der Waals surface area contributed by atoms with Crippen molar-refractivity contribution in [1.29, 1.82) is 0 Å². The number of methoxy groups -OCH3 is 1. The summed E-state index contributed by atoms with van der Waals surface area (Å²) in [6.45, 7) is 1.72. The molecule has 0 saturated heterocycles. The van der Waals surface area contributed by atoms with E-state index in [0.29, 0.717) is 24.6 Å². The molecule has 2 rings (SSSR count). The van der Waals surface area contributed by atoms with Gasteiger partial charge in [0, 0.05) is 17.0 Å². The van der Waals surface area contributed by atoms with Crippen LogP contribution in [0.4, 0.5) is 0 Å². The monoisotopic (exact) mass is 348 g/mol. The second kappa shape index (κ2) is 7.60. The molecule has 0 aromatic heterocycles. The minimum Gasteiger partial charge on any atom is -0.382 e. The predicted molar refractivity (Wildman–Crippen MR) is 79.0 cm³/mol. The van der Waals surface area contributed by atoms with Gasteiger partial charge in [0.15, 0.2) is 0 Å². The fourth-order valence-electron chi connectivity index (χ4n) is 1.98. The molecule has 0 N–H and O–H groups in total. The van der Waals surface area contributed by atoms with Gasteiger partial charge in [-0.3, -0.25) is 0 Å². The summed E-state index contributed by atoms with van der Waals surface area (Å²) < 4.78 is 16.6. The lowest BCUT2D eigenvalue weighted by Crippen LogP contribution is -2.51. The van der Waals surface area contributed by atoms with Crippen LogP contribution in [0.15, 0.2) is 24.3 Å². The highest BCUT2D eigenvalue weighted by molar-refractivity contribution is 9.09. The van der Waals surface area contributed by atoms with Crippen LogP contribution in [0, 0.1) is 0 Å². The second-order valence-corrected chi connectivity index (χ2v) is 6.10.